The van der Waals surface area contributed by atoms with E-state index in [1.165, 1.54) is 63.9 Å². The standard InChI is InChI=1S/C28H17NS/c1-2-6-17(7-3-1)18-10-12-24-22(14-18)23-16-21-19(15-25(23)29-24)11-13-27-28(21)20-8-4-5-9-26(20)30-27/h1-16,29H. The Bertz CT molecular complexity index is 1740. The van der Waals surface area contributed by atoms with Crippen molar-refractivity contribution in [2.45, 2.75) is 0 Å². The van der Waals surface area contributed by atoms with E-state index in [1.54, 1.807) is 0 Å². The van der Waals surface area contributed by atoms with Gasteiger partial charge in [-0.25, -0.2) is 0 Å². The molecule has 0 aliphatic heterocycles. The number of aromatic amines is 1. The zero-order valence-corrected chi connectivity index (χ0v) is 17.0. The van der Waals surface area contributed by atoms with Gasteiger partial charge in [0.2, 0.25) is 0 Å². The number of H-pyrrole nitrogens is 1. The fraction of sp³-hybridized carbons (Fsp3) is 0. The van der Waals surface area contributed by atoms with E-state index in [-0.39, 0.29) is 0 Å². The first-order valence-electron chi connectivity index (χ1n) is 10.2. The van der Waals surface area contributed by atoms with E-state index in [1.807, 2.05) is 11.3 Å². The average Bonchev–Trinajstić information content (AvgIpc) is 3.35. The lowest BCUT2D eigenvalue weighted by Crippen LogP contribution is -1.77. The smallest absolute Gasteiger partial charge is 0.0471 e. The minimum absolute atomic E-state index is 1.19. The summed E-state index contributed by atoms with van der Waals surface area (Å²) in [7, 11) is 0. The van der Waals surface area contributed by atoms with Crippen molar-refractivity contribution in [2.24, 2.45) is 0 Å². The lowest BCUT2D eigenvalue weighted by atomic mass is 9.99. The minimum Gasteiger partial charge on any atom is -0.354 e. The Kier molecular flexibility index (Phi) is 3.21. The summed E-state index contributed by atoms with van der Waals surface area (Å²) in [5.41, 5.74) is 4.89. The van der Waals surface area contributed by atoms with Crippen LogP contribution in [0.1, 0.15) is 0 Å². The van der Waals surface area contributed by atoms with Crippen LogP contribution in [0.25, 0.3) is 63.9 Å². The molecule has 0 aliphatic rings. The third kappa shape index (κ3) is 2.23. The van der Waals surface area contributed by atoms with Crippen molar-refractivity contribution in [1.82, 2.24) is 4.98 Å². The fourth-order valence-electron chi connectivity index (χ4n) is 4.75. The summed E-state index contributed by atoms with van der Waals surface area (Å²) < 4.78 is 2.71. The Morgan fingerprint density at radius 2 is 1.33 bits per heavy atom. The van der Waals surface area contributed by atoms with Crippen LogP contribution in [0.5, 0.6) is 0 Å². The lowest BCUT2D eigenvalue weighted by molar-refractivity contribution is 1.55. The minimum atomic E-state index is 1.19. The van der Waals surface area contributed by atoms with Crippen molar-refractivity contribution in [3.63, 3.8) is 0 Å². The molecule has 2 heterocycles. The third-order valence-corrected chi connectivity index (χ3v) is 7.32. The maximum Gasteiger partial charge on any atom is 0.0471 e. The maximum atomic E-state index is 3.63. The number of aromatic nitrogens is 1. The Morgan fingerprint density at radius 1 is 0.500 bits per heavy atom. The van der Waals surface area contributed by atoms with Crippen molar-refractivity contribution in [1.29, 1.82) is 0 Å². The van der Waals surface area contributed by atoms with Crippen molar-refractivity contribution in [3.05, 3.63) is 97.1 Å². The van der Waals surface area contributed by atoms with Gasteiger partial charge in [-0.05, 0) is 58.3 Å². The Balaban J connectivity index is 1.60. The van der Waals surface area contributed by atoms with E-state index in [4.69, 9.17) is 0 Å². The second-order valence-corrected chi connectivity index (χ2v) is 8.99. The number of nitrogens with one attached hydrogen (secondary N) is 1. The molecular weight excluding hydrogens is 382 g/mol. The van der Waals surface area contributed by atoms with E-state index in [0.29, 0.717) is 0 Å². The lowest BCUT2D eigenvalue weighted by Gasteiger charge is -2.03. The first-order valence-corrected chi connectivity index (χ1v) is 11.0. The molecule has 0 saturated heterocycles. The highest BCUT2D eigenvalue weighted by Crippen LogP contribution is 2.40. The molecule has 0 bridgehead atoms. The number of thiophene rings is 1. The summed E-state index contributed by atoms with van der Waals surface area (Å²) in [6.07, 6.45) is 0. The van der Waals surface area contributed by atoms with Crippen LogP contribution in [0.3, 0.4) is 0 Å². The van der Waals surface area contributed by atoms with Gasteiger partial charge >= 0.3 is 0 Å². The summed E-state index contributed by atoms with van der Waals surface area (Å²) >= 11 is 1.88. The molecule has 5 aromatic carbocycles. The first kappa shape index (κ1) is 16.2. The summed E-state index contributed by atoms with van der Waals surface area (Å²) in [5.74, 6) is 0. The van der Waals surface area contributed by atoms with Crippen LogP contribution >= 0.6 is 11.3 Å². The predicted molar refractivity (Wildman–Crippen MR) is 132 cm³/mol. The van der Waals surface area contributed by atoms with Gasteiger partial charge in [0.1, 0.15) is 0 Å². The molecule has 30 heavy (non-hydrogen) atoms. The highest BCUT2D eigenvalue weighted by atomic mass is 32.1. The summed E-state index contributed by atoms with van der Waals surface area (Å²) in [6, 6.07) is 35.3. The second kappa shape index (κ2) is 5.94. The third-order valence-electron chi connectivity index (χ3n) is 6.18. The van der Waals surface area contributed by atoms with Gasteiger partial charge in [0.05, 0.1) is 0 Å². The van der Waals surface area contributed by atoms with E-state index in [0.717, 1.165) is 0 Å². The highest BCUT2D eigenvalue weighted by molar-refractivity contribution is 7.26. The van der Waals surface area contributed by atoms with E-state index >= 15 is 0 Å². The Labute approximate surface area is 177 Å². The number of hydrogen-bond acceptors (Lipinski definition) is 1. The molecule has 0 unspecified atom stereocenters. The first-order chi connectivity index (χ1) is 14.8. The van der Waals surface area contributed by atoms with Crippen molar-refractivity contribution < 1.29 is 0 Å². The summed E-state index contributed by atoms with van der Waals surface area (Å²) in [6.45, 7) is 0. The monoisotopic (exact) mass is 399 g/mol. The van der Waals surface area contributed by atoms with Crippen LogP contribution in [-0.2, 0) is 0 Å². The molecule has 0 spiro atoms. The van der Waals surface area contributed by atoms with E-state index in [9.17, 15) is 0 Å². The molecule has 7 rings (SSSR count). The molecule has 0 amide bonds. The van der Waals surface area contributed by atoms with Gasteiger partial charge in [0.15, 0.2) is 0 Å². The van der Waals surface area contributed by atoms with Crippen molar-refractivity contribution in [3.8, 4) is 11.1 Å². The quantitative estimate of drug-likeness (QED) is 0.285. The zero-order chi connectivity index (χ0) is 19.7. The van der Waals surface area contributed by atoms with E-state index < -0.39 is 0 Å². The van der Waals surface area contributed by atoms with Gasteiger partial charge < -0.3 is 4.98 Å². The highest BCUT2D eigenvalue weighted by Gasteiger charge is 2.12. The van der Waals surface area contributed by atoms with Crippen LogP contribution in [-0.4, -0.2) is 4.98 Å². The van der Waals surface area contributed by atoms with Gasteiger partial charge in [-0.15, -0.1) is 11.3 Å². The van der Waals surface area contributed by atoms with Gasteiger partial charge in [-0.2, -0.15) is 0 Å². The van der Waals surface area contributed by atoms with Crippen LogP contribution < -0.4 is 0 Å². The fourth-order valence-corrected chi connectivity index (χ4v) is 5.88. The zero-order valence-electron chi connectivity index (χ0n) is 16.1. The molecule has 140 valence electrons. The molecular formula is C28H17NS. The van der Waals surface area contributed by atoms with Crippen LogP contribution in [0, 0.1) is 0 Å². The average molecular weight is 400 g/mol. The SMILES string of the molecule is c1ccc(-c2ccc3[nH]c4cc5ccc6sc7ccccc7c6c5cc4c3c2)cc1. The topological polar surface area (TPSA) is 15.8 Å². The van der Waals surface area contributed by atoms with E-state index in [2.05, 4.69) is 102 Å². The molecule has 0 fully saturated rings. The molecule has 0 radical (unpaired) electrons. The van der Waals surface area contributed by atoms with Crippen molar-refractivity contribution in [2.75, 3.05) is 0 Å². The number of fused-ring (bicyclic) bond motifs is 8. The Hall–Kier alpha value is -3.62. The van der Waals surface area contributed by atoms with Gasteiger partial charge in [-0.1, -0.05) is 60.7 Å². The summed E-state index contributed by atoms with van der Waals surface area (Å²) in [5, 5.41) is 7.93. The molecule has 1 nitrogen and oxygen atoms in total. The van der Waals surface area contributed by atoms with Gasteiger partial charge in [0.25, 0.3) is 0 Å². The largest absolute Gasteiger partial charge is 0.354 e. The molecule has 2 heteroatoms. The molecule has 0 aliphatic carbocycles. The molecule has 7 aromatic rings. The number of rotatable bonds is 1. The van der Waals surface area contributed by atoms with Gasteiger partial charge in [0, 0.05) is 42.0 Å². The molecule has 0 saturated carbocycles. The second-order valence-electron chi connectivity index (χ2n) is 7.91. The maximum absolute atomic E-state index is 3.63. The number of benzene rings is 5. The van der Waals surface area contributed by atoms with Crippen LogP contribution in [0.4, 0.5) is 0 Å². The Morgan fingerprint density at radius 3 is 2.27 bits per heavy atom. The van der Waals surface area contributed by atoms with Crippen LogP contribution in [0.2, 0.25) is 0 Å². The molecule has 1 N–H and O–H groups in total. The predicted octanol–water partition coefficient (Wildman–Crippen LogP) is 8.51. The van der Waals surface area contributed by atoms with Crippen molar-refractivity contribution >= 4 is 64.1 Å². The number of hydrogen-bond donors (Lipinski definition) is 1. The summed E-state index contributed by atoms with van der Waals surface area (Å²) in [4.78, 5) is 3.63. The normalized spacial score (nSPS) is 12.0. The van der Waals surface area contributed by atoms with Crippen LogP contribution in [0.15, 0.2) is 97.1 Å². The molecule has 2 aromatic heterocycles. The van der Waals surface area contributed by atoms with Gasteiger partial charge in [-0.3, -0.25) is 0 Å². The molecule has 0 atom stereocenters.